The van der Waals surface area contributed by atoms with Crippen LogP contribution < -0.4 is 4.89 Å². The summed E-state index contributed by atoms with van der Waals surface area (Å²) >= 11 is 4.79. The fourth-order valence-electron chi connectivity index (χ4n) is 0.0398. The molecular weight excluding hydrogens is 218 g/mol. The van der Waals surface area contributed by atoms with E-state index < -0.39 is 8.25 Å². The summed E-state index contributed by atoms with van der Waals surface area (Å²) in [5.41, 5.74) is 0. The summed E-state index contributed by atoms with van der Waals surface area (Å²) in [6, 6.07) is -0.293. The van der Waals surface area contributed by atoms with Crippen molar-refractivity contribution in [3.05, 3.63) is 0 Å². The Labute approximate surface area is 66.1 Å². The van der Waals surface area contributed by atoms with Gasteiger partial charge in [-0.15, -0.1) is 4.52 Å². The molecule has 0 aromatic carbocycles. The predicted molar refractivity (Wildman–Crippen MR) is 19.4 cm³/mol. The third-order valence-electron chi connectivity index (χ3n) is 0.154. The summed E-state index contributed by atoms with van der Waals surface area (Å²) in [7, 11) is -2.73. The minimum atomic E-state index is -2.73. The summed E-state index contributed by atoms with van der Waals surface area (Å²) in [5.74, 6) is 0. The monoisotopic (exact) mass is 218 g/mol. The van der Waals surface area contributed by atoms with Crippen molar-refractivity contribution in [2.45, 2.75) is 0 Å². The molecular formula is CH2ClO3PZr+2. The molecule has 6 heteroatoms. The van der Waals surface area contributed by atoms with Crippen LogP contribution >= 0.6 is 19.9 Å². The molecule has 0 fully saturated rings. The van der Waals surface area contributed by atoms with Gasteiger partial charge in [0.15, 0.2) is 6.07 Å². The second kappa shape index (κ2) is 7.19. The van der Waals surface area contributed by atoms with Crippen LogP contribution in [0.15, 0.2) is 0 Å². The molecule has 0 aliphatic carbocycles. The first-order chi connectivity index (χ1) is 2.77. The van der Waals surface area contributed by atoms with Crippen molar-refractivity contribution in [2.75, 3.05) is 6.07 Å². The Balaban J connectivity index is 0. The Kier molecular flexibility index (Phi) is 11.4. The summed E-state index contributed by atoms with van der Waals surface area (Å²) < 4.78 is 13.1. The maximum absolute atomic E-state index is 9.33. The molecule has 0 aromatic rings. The normalized spacial score (nSPS) is 9.71. The van der Waals surface area contributed by atoms with Gasteiger partial charge in [0.1, 0.15) is 0 Å². The summed E-state index contributed by atoms with van der Waals surface area (Å²) in [6.45, 7) is 0. The topological polar surface area (TPSA) is 49.4 Å². The van der Waals surface area contributed by atoms with Crippen molar-refractivity contribution in [3.8, 4) is 0 Å². The van der Waals surface area contributed by atoms with Crippen LogP contribution in [0.3, 0.4) is 0 Å². The first-order valence-corrected chi connectivity index (χ1v) is 2.73. The maximum Gasteiger partial charge on any atom is 2.00 e. The van der Waals surface area contributed by atoms with Crippen molar-refractivity contribution >= 4 is 19.9 Å². The fourth-order valence-corrected chi connectivity index (χ4v) is 0.359. The molecule has 7 heavy (non-hydrogen) atoms. The van der Waals surface area contributed by atoms with E-state index in [0.717, 1.165) is 0 Å². The second-order valence-corrected chi connectivity index (χ2v) is 1.39. The van der Waals surface area contributed by atoms with Crippen molar-refractivity contribution in [1.29, 1.82) is 0 Å². The van der Waals surface area contributed by atoms with Gasteiger partial charge in [0, 0.05) is 0 Å². The molecule has 0 aliphatic heterocycles. The molecule has 0 bridgehead atoms. The smallest absolute Gasteiger partial charge is 0.566 e. The van der Waals surface area contributed by atoms with Gasteiger partial charge in [0.2, 0.25) is 0 Å². The van der Waals surface area contributed by atoms with Crippen molar-refractivity contribution in [3.63, 3.8) is 0 Å². The minimum Gasteiger partial charge on any atom is -0.566 e. The largest absolute Gasteiger partial charge is 2.00 e. The number of alkyl halides is 1. The van der Waals surface area contributed by atoms with Gasteiger partial charge in [-0.25, -0.2) is 0 Å². The minimum absolute atomic E-state index is 0. The van der Waals surface area contributed by atoms with Crippen LogP contribution in [-0.2, 0) is 35.3 Å². The molecule has 1 unspecified atom stereocenters. The van der Waals surface area contributed by atoms with Gasteiger partial charge in [-0.3, -0.25) is 0 Å². The standard InChI is InChI=1S/CH2ClO3P.Zr/c2-1-5-6(3)4;/h1H2;/q;+2. The molecule has 0 heterocycles. The average molecular weight is 220 g/mol. The summed E-state index contributed by atoms with van der Waals surface area (Å²) in [4.78, 5) is 9.33. The van der Waals surface area contributed by atoms with Gasteiger partial charge < -0.3 is 4.89 Å². The van der Waals surface area contributed by atoms with Crippen LogP contribution in [0, 0.1) is 0 Å². The zero-order chi connectivity index (χ0) is 4.99. The van der Waals surface area contributed by atoms with E-state index in [9.17, 15) is 9.46 Å². The Bertz CT molecular complexity index is 58.9. The van der Waals surface area contributed by atoms with Crippen LogP contribution in [-0.4, -0.2) is 6.07 Å². The van der Waals surface area contributed by atoms with Gasteiger partial charge in [-0.1, -0.05) is 11.6 Å². The van der Waals surface area contributed by atoms with E-state index in [-0.39, 0.29) is 32.3 Å². The molecule has 0 saturated carbocycles. The van der Waals surface area contributed by atoms with Crippen LogP contribution in [0.1, 0.15) is 0 Å². The number of hydrogen-bond acceptors (Lipinski definition) is 3. The average Bonchev–Trinajstić information content (AvgIpc) is 1.35. The Morgan fingerprint density at radius 3 is 2.29 bits per heavy atom. The van der Waals surface area contributed by atoms with E-state index in [0.29, 0.717) is 0 Å². The number of hydrogen-bond donors (Lipinski definition) is 0. The first-order valence-electron chi connectivity index (χ1n) is 1.10. The van der Waals surface area contributed by atoms with Crippen LogP contribution in [0.4, 0.5) is 0 Å². The van der Waals surface area contributed by atoms with Gasteiger partial charge >= 0.3 is 34.5 Å². The quantitative estimate of drug-likeness (QED) is 0.493. The summed E-state index contributed by atoms with van der Waals surface area (Å²) in [5, 5.41) is 0. The zero-order valence-electron chi connectivity index (χ0n) is 3.26. The van der Waals surface area contributed by atoms with Gasteiger partial charge in [-0.05, 0) is 4.57 Å². The van der Waals surface area contributed by atoms with Gasteiger partial charge in [-0.2, -0.15) is 0 Å². The van der Waals surface area contributed by atoms with Gasteiger partial charge in [0.25, 0.3) is 0 Å². The maximum atomic E-state index is 9.33. The Hall–Kier alpha value is 1.19. The van der Waals surface area contributed by atoms with Crippen LogP contribution in [0.5, 0.6) is 0 Å². The molecule has 0 spiro atoms. The SMILES string of the molecule is O=[P+]([O-])OCCl.[Zr+2]. The molecule has 0 amide bonds. The third kappa shape index (κ3) is 11.0. The van der Waals surface area contributed by atoms with E-state index >= 15 is 0 Å². The molecule has 0 aromatic heterocycles. The molecule has 3 nitrogen and oxygen atoms in total. The van der Waals surface area contributed by atoms with E-state index in [1.165, 1.54) is 0 Å². The molecule has 0 saturated heterocycles. The van der Waals surface area contributed by atoms with E-state index in [4.69, 9.17) is 11.6 Å². The first kappa shape index (κ1) is 11.1. The molecule has 1 atom stereocenters. The molecule has 0 radical (unpaired) electrons. The van der Waals surface area contributed by atoms with Crippen molar-refractivity contribution in [1.82, 2.24) is 0 Å². The van der Waals surface area contributed by atoms with Crippen LogP contribution in [0.2, 0.25) is 0 Å². The molecule has 0 aliphatic rings. The van der Waals surface area contributed by atoms with Crippen molar-refractivity contribution in [2.24, 2.45) is 0 Å². The number of halogens is 1. The predicted octanol–water partition coefficient (Wildman–Crippen LogP) is 0.214. The second-order valence-electron chi connectivity index (χ2n) is 0.462. The third-order valence-corrected chi connectivity index (χ3v) is 0.755. The fraction of sp³-hybridized carbons (Fsp3) is 1.00. The van der Waals surface area contributed by atoms with E-state index in [1.54, 1.807) is 0 Å². The van der Waals surface area contributed by atoms with Crippen molar-refractivity contribution < 1.29 is 40.2 Å². The Morgan fingerprint density at radius 2 is 2.29 bits per heavy atom. The van der Waals surface area contributed by atoms with Gasteiger partial charge in [0.05, 0.1) is 0 Å². The summed E-state index contributed by atoms with van der Waals surface area (Å²) in [6.07, 6.45) is 0. The zero-order valence-corrected chi connectivity index (χ0v) is 7.37. The van der Waals surface area contributed by atoms with Crippen LogP contribution in [0.25, 0.3) is 0 Å². The number of rotatable bonds is 2. The van der Waals surface area contributed by atoms with E-state index in [1.807, 2.05) is 0 Å². The molecule has 0 rings (SSSR count). The molecule has 38 valence electrons. The molecule has 0 N–H and O–H groups in total. The van der Waals surface area contributed by atoms with E-state index in [2.05, 4.69) is 4.52 Å². The Morgan fingerprint density at radius 1 is 1.86 bits per heavy atom.